The molecule has 0 N–H and O–H groups in total. The van der Waals surface area contributed by atoms with Crippen molar-refractivity contribution in [3.8, 4) is 5.75 Å². The first-order chi connectivity index (χ1) is 14.6. The highest BCUT2D eigenvalue weighted by atomic mass is 127. The topological polar surface area (TPSA) is 56.5 Å². The number of halogens is 2. The third kappa shape index (κ3) is 4.56. The highest BCUT2D eigenvalue weighted by molar-refractivity contribution is 14.1. The largest absolute Gasteiger partial charge is 0.492 e. The molecule has 0 radical (unpaired) electrons. The zero-order valence-corrected chi connectivity index (χ0v) is 21.1. The molecule has 156 valence electrons. The van der Waals surface area contributed by atoms with Crippen molar-refractivity contribution in [2.45, 2.75) is 44.9 Å². The smallest absolute Gasteiger partial charge is 0.282 e. The van der Waals surface area contributed by atoms with E-state index in [1.54, 1.807) is 6.21 Å². The lowest BCUT2D eigenvalue weighted by molar-refractivity contribution is 0.335. The molecule has 0 saturated heterocycles. The first-order valence-electron chi connectivity index (χ1n) is 10.3. The second-order valence-electron chi connectivity index (χ2n) is 7.43. The van der Waals surface area contributed by atoms with Gasteiger partial charge in [0.2, 0.25) is 0 Å². The van der Waals surface area contributed by atoms with E-state index in [4.69, 9.17) is 9.72 Å². The minimum Gasteiger partial charge on any atom is -0.492 e. The molecule has 4 rings (SSSR count). The van der Waals surface area contributed by atoms with Gasteiger partial charge in [-0.1, -0.05) is 31.4 Å². The quantitative estimate of drug-likeness (QED) is 0.260. The highest BCUT2D eigenvalue weighted by Crippen LogP contribution is 2.32. The Kier molecular flexibility index (Phi) is 7.07. The Balaban J connectivity index is 1.79. The van der Waals surface area contributed by atoms with Crippen LogP contribution in [0.5, 0.6) is 5.75 Å². The lowest BCUT2D eigenvalue weighted by Crippen LogP contribution is -2.25. The summed E-state index contributed by atoms with van der Waals surface area (Å²) in [5, 5.41) is 5.23. The van der Waals surface area contributed by atoms with Gasteiger partial charge in [0.25, 0.3) is 5.56 Å². The molecule has 1 aliphatic carbocycles. The molecule has 1 saturated carbocycles. The molecule has 0 spiro atoms. The fourth-order valence-corrected chi connectivity index (χ4v) is 6.07. The maximum atomic E-state index is 13.3. The van der Waals surface area contributed by atoms with E-state index in [0.717, 1.165) is 42.6 Å². The van der Waals surface area contributed by atoms with E-state index < -0.39 is 0 Å². The van der Waals surface area contributed by atoms with Gasteiger partial charge in [-0.05, 0) is 94.8 Å². The summed E-state index contributed by atoms with van der Waals surface area (Å²) in [6.07, 6.45) is 7.46. The lowest BCUT2D eigenvalue weighted by Gasteiger charge is -2.22. The number of rotatable bonds is 5. The van der Waals surface area contributed by atoms with Crippen LogP contribution in [-0.4, -0.2) is 22.5 Å². The van der Waals surface area contributed by atoms with Crippen molar-refractivity contribution in [2.24, 2.45) is 5.10 Å². The number of hydrogen-bond donors (Lipinski definition) is 0. The summed E-state index contributed by atoms with van der Waals surface area (Å²) in [5.74, 6) is 1.95. The van der Waals surface area contributed by atoms with E-state index in [1.165, 1.54) is 23.9 Å². The lowest BCUT2D eigenvalue weighted by atomic mass is 9.88. The van der Waals surface area contributed by atoms with Gasteiger partial charge in [-0.25, -0.2) is 4.98 Å². The average Bonchev–Trinajstić information content (AvgIpc) is 2.76. The Labute approximate surface area is 203 Å². The maximum Gasteiger partial charge on any atom is 0.282 e. The summed E-state index contributed by atoms with van der Waals surface area (Å²) < 4.78 is 9.30. The van der Waals surface area contributed by atoms with Crippen molar-refractivity contribution >= 4 is 62.3 Å². The van der Waals surface area contributed by atoms with Gasteiger partial charge >= 0.3 is 0 Å². The number of fused-ring (bicyclic) bond motifs is 1. The van der Waals surface area contributed by atoms with Crippen LogP contribution in [0.2, 0.25) is 0 Å². The zero-order chi connectivity index (χ0) is 21.1. The molecule has 1 fully saturated rings. The first kappa shape index (κ1) is 21.7. The summed E-state index contributed by atoms with van der Waals surface area (Å²) in [5.41, 5.74) is 1.58. The normalized spacial score (nSPS) is 15.2. The van der Waals surface area contributed by atoms with E-state index in [9.17, 15) is 4.79 Å². The van der Waals surface area contributed by atoms with Crippen LogP contribution in [0.25, 0.3) is 10.9 Å². The molecule has 1 heterocycles. The Bertz CT molecular complexity index is 1130. The van der Waals surface area contributed by atoms with Gasteiger partial charge in [0.15, 0.2) is 0 Å². The zero-order valence-electron chi connectivity index (χ0n) is 16.8. The Morgan fingerprint density at radius 1 is 1.17 bits per heavy atom. The third-order valence-corrected chi connectivity index (χ3v) is 6.98. The van der Waals surface area contributed by atoms with Crippen molar-refractivity contribution in [2.75, 3.05) is 6.61 Å². The second kappa shape index (κ2) is 9.76. The van der Waals surface area contributed by atoms with E-state index in [0.29, 0.717) is 12.0 Å². The molecule has 7 heteroatoms. The third-order valence-electron chi connectivity index (χ3n) is 5.38. The predicted octanol–water partition coefficient (Wildman–Crippen LogP) is 5.93. The molecule has 3 aromatic rings. The molecule has 1 aromatic heterocycles. The van der Waals surface area contributed by atoms with Crippen molar-refractivity contribution in [3.63, 3.8) is 0 Å². The van der Waals surface area contributed by atoms with Crippen LogP contribution >= 0.6 is 45.2 Å². The summed E-state index contributed by atoms with van der Waals surface area (Å²) in [6, 6.07) is 11.6. The Morgan fingerprint density at radius 2 is 1.87 bits per heavy atom. The highest BCUT2D eigenvalue weighted by Gasteiger charge is 2.22. The van der Waals surface area contributed by atoms with Crippen LogP contribution in [0.15, 0.2) is 46.3 Å². The van der Waals surface area contributed by atoms with Crippen LogP contribution in [0.3, 0.4) is 0 Å². The molecule has 30 heavy (non-hydrogen) atoms. The minimum absolute atomic E-state index is 0.104. The van der Waals surface area contributed by atoms with Gasteiger partial charge in [-0.3, -0.25) is 4.79 Å². The molecule has 1 aliphatic rings. The van der Waals surface area contributed by atoms with E-state index >= 15 is 0 Å². The van der Waals surface area contributed by atoms with E-state index in [2.05, 4.69) is 50.3 Å². The van der Waals surface area contributed by atoms with Crippen molar-refractivity contribution < 1.29 is 4.74 Å². The average molecular weight is 627 g/mol. The number of aromatic nitrogens is 2. The van der Waals surface area contributed by atoms with Gasteiger partial charge in [0.1, 0.15) is 11.6 Å². The van der Waals surface area contributed by atoms with Crippen LogP contribution in [0.4, 0.5) is 0 Å². The molecular formula is C23H23I2N3O2. The summed E-state index contributed by atoms with van der Waals surface area (Å²) in [7, 11) is 0. The molecule has 0 bridgehead atoms. The minimum atomic E-state index is -0.104. The van der Waals surface area contributed by atoms with Gasteiger partial charge in [-0.2, -0.15) is 9.78 Å². The van der Waals surface area contributed by atoms with Crippen LogP contribution in [0.1, 0.15) is 56.3 Å². The molecular weight excluding hydrogens is 604 g/mol. The molecule has 0 unspecified atom stereocenters. The standard InChI is InChI=1S/C23H23I2N3O2/c1-2-30-21-18(24)12-15(13-19(21)25)14-26-28-22(16-8-4-3-5-9-16)27-20-11-7-6-10-17(20)23(28)29/h6-7,10-14,16H,2-5,8-9H2,1H3. The van der Waals surface area contributed by atoms with E-state index in [1.807, 2.05) is 43.3 Å². The summed E-state index contributed by atoms with van der Waals surface area (Å²) >= 11 is 4.55. The molecule has 0 amide bonds. The van der Waals surface area contributed by atoms with Gasteiger partial charge in [0, 0.05) is 5.92 Å². The monoisotopic (exact) mass is 627 g/mol. The van der Waals surface area contributed by atoms with Crippen LogP contribution in [0, 0.1) is 7.14 Å². The van der Waals surface area contributed by atoms with Crippen molar-refractivity contribution in [1.82, 2.24) is 9.66 Å². The maximum absolute atomic E-state index is 13.3. The summed E-state index contributed by atoms with van der Waals surface area (Å²) in [4.78, 5) is 18.1. The van der Waals surface area contributed by atoms with Crippen molar-refractivity contribution in [1.29, 1.82) is 0 Å². The van der Waals surface area contributed by atoms with Crippen molar-refractivity contribution in [3.05, 3.63) is 65.3 Å². The van der Waals surface area contributed by atoms with Gasteiger partial charge in [0.05, 0.1) is 30.9 Å². The Hall–Kier alpha value is -1.49. The fourth-order valence-electron chi connectivity index (χ4n) is 3.94. The fraction of sp³-hybridized carbons (Fsp3) is 0.348. The number of ether oxygens (including phenoxy) is 1. The summed E-state index contributed by atoms with van der Waals surface area (Å²) in [6.45, 7) is 2.61. The Morgan fingerprint density at radius 3 is 2.57 bits per heavy atom. The van der Waals surface area contributed by atoms with E-state index in [-0.39, 0.29) is 11.5 Å². The molecule has 0 atom stereocenters. The van der Waals surface area contributed by atoms with Crippen LogP contribution < -0.4 is 10.3 Å². The number of hydrogen-bond acceptors (Lipinski definition) is 4. The molecule has 5 nitrogen and oxygen atoms in total. The molecule has 2 aromatic carbocycles. The number of para-hydroxylation sites is 1. The SMILES string of the molecule is CCOc1c(I)cc(C=Nn2c(C3CCCCC3)nc3ccccc3c2=O)cc1I. The number of benzene rings is 2. The predicted molar refractivity (Wildman–Crippen MR) is 138 cm³/mol. The van der Waals surface area contributed by atoms with Gasteiger partial charge in [-0.15, -0.1) is 0 Å². The van der Waals surface area contributed by atoms with Gasteiger partial charge < -0.3 is 4.74 Å². The van der Waals surface area contributed by atoms with Crippen LogP contribution in [-0.2, 0) is 0 Å². The second-order valence-corrected chi connectivity index (χ2v) is 9.75. The molecule has 0 aliphatic heterocycles. The number of nitrogens with zero attached hydrogens (tertiary/aromatic N) is 3. The first-order valence-corrected chi connectivity index (χ1v) is 12.4.